The lowest BCUT2D eigenvalue weighted by Gasteiger charge is -2.04. The molecule has 0 fully saturated rings. The highest BCUT2D eigenvalue weighted by Crippen LogP contribution is 2.19. The molecule has 0 aliphatic rings. The number of hydrogen-bond acceptors (Lipinski definition) is 2. The second kappa shape index (κ2) is 5.12. The summed E-state index contributed by atoms with van der Waals surface area (Å²) in [6, 6.07) is 5.71. The molecule has 0 heterocycles. The zero-order valence-electron chi connectivity index (χ0n) is 9.12. The molecule has 0 aliphatic carbocycles. The van der Waals surface area contributed by atoms with Crippen molar-refractivity contribution >= 4 is 21.7 Å². The number of nitrogens with zero attached hydrogens (tertiary/aromatic N) is 1. The lowest BCUT2D eigenvalue weighted by Crippen LogP contribution is -2.03. The lowest BCUT2D eigenvalue weighted by atomic mass is 10.1. The van der Waals surface area contributed by atoms with Crippen molar-refractivity contribution < 1.29 is 4.79 Å². The summed E-state index contributed by atoms with van der Waals surface area (Å²) in [6.45, 7) is 1.99. The van der Waals surface area contributed by atoms with Crippen LogP contribution >= 0.6 is 15.9 Å². The fourth-order valence-electron chi connectivity index (χ4n) is 1.13. The van der Waals surface area contributed by atoms with Gasteiger partial charge in [-0.1, -0.05) is 22.0 Å². The lowest BCUT2D eigenvalue weighted by molar-refractivity contribution is 0.104. The van der Waals surface area contributed by atoms with Gasteiger partial charge in [-0.05, 0) is 24.6 Å². The van der Waals surface area contributed by atoms with Crippen LogP contribution in [0.5, 0.6) is 0 Å². The number of allylic oxidation sites excluding steroid dienone is 1. The number of carbonyl (C=O) groups excluding carboxylic acids is 1. The summed E-state index contributed by atoms with van der Waals surface area (Å²) in [4.78, 5) is 13.6. The molecule has 0 radical (unpaired) electrons. The molecule has 0 N–H and O–H groups in total. The van der Waals surface area contributed by atoms with Crippen molar-refractivity contribution in [3.05, 3.63) is 46.1 Å². The molecule has 0 atom stereocenters. The van der Waals surface area contributed by atoms with Crippen molar-refractivity contribution in [3.8, 4) is 0 Å². The van der Waals surface area contributed by atoms with Gasteiger partial charge in [0.1, 0.15) is 0 Å². The molecule has 1 rings (SSSR count). The van der Waals surface area contributed by atoms with Crippen LogP contribution in [-0.2, 0) is 0 Å². The minimum absolute atomic E-state index is 0.00979. The summed E-state index contributed by atoms with van der Waals surface area (Å²) < 4.78 is 0.843. The van der Waals surface area contributed by atoms with Crippen LogP contribution in [0.1, 0.15) is 15.9 Å². The summed E-state index contributed by atoms with van der Waals surface area (Å²) in [7, 11) is 3.77. The van der Waals surface area contributed by atoms with Crippen molar-refractivity contribution in [1.29, 1.82) is 0 Å². The minimum atomic E-state index is 0.00979. The summed E-state index contributed by atoms with van der Waals surface area (Å²) in [5.41, 5.74) is 1.83. The Bertz CT molecular complexity index is 397. The number of ketones is 1. The number of carbonyl (C=O) groups is 1. The van der Waals surface area contributed by atoms with E-state index in [2.05, 4.69) is 15.9 Å². The van der Waals surface area contributed by atoms with Gasteiger partial charge in [0, 0.05) is 36.4 Å². The first-order valence-corrected chi connectivity index (χ1v) is 5.45. The number of halogens is 1. The zero-order valence-corrected chi connectivity index (χ0v) is 10.7. The molecule has 0 aliphatic heterocycles. The van der Waals surface area contributed by atoms with Gasteiger partial charge in [0.2, 0.25) is 0 Å². The van der Waals surface area contributed by atoms with Crippen LogP contribution in [0.3, 0.4) is 0 Å². The predicted octanol–water partition coefficient (Wildman–Crippen LogP) is 3.02. The van der Waals surface area contributed by atoms with Crippen LogP contribution < -0.4 is 0 Å². The Hall–Kier alpha value is -1.09. The Labute approximate surface area is 98.7 Å². The molecular formula is C12H14BrNO. The second-order valence-electron chi connectivity index (χ2n) is 3.63. The van der Waals surface area contributed by atoms with Gasteiger partial charge < -0.3 is 4.90 Å². The molecule has 2 nitrogen and oxygen atoms in total. The van der Waals surface area contributed by atoms with E-state index in [9.17, 15) is 4.79 Å². The average molecular weight is 268 g/mol. The fourth-order valence-corrected chi connectivity index (χ4v) is 1.82. The molecule has 0 spiro atoms. The first-order chi connectivity index (χ1) is 7.00. The molecule has 0 saturated carbocycles. The molecule has 15 heavy (non-hydrogen) atoms. The molecule has 80 valence electrons. The quantitative estimate of drug-likeness (QED) is 0.620. The Morgan fingerprint density at radius 1 is 1.40 bits per heavy atom. The van der Waals surface area contributed by atoms with E-state index in [1.54, 1.807) is 12.3 Å². The third kappa shape index (κ3) is 3.51. The van der Waals surface area contributed by atoms with Crippen LogP contribution in [0.15, 0.2) is 34.9 Å². The largest absolute Gasteiger partial charge is 0.383 e. The number of hydrogen-bond donors (Lipinski definition) is 0. The third-order valence-electron chi connectivity index (χ3n) is 1.91. The van der Waals surface area contributed by atoms with Gasteiger partial charge in [0.15, 0.2) is 5.78 Å². The van der Waals surface area contributed by atoms with Crippen LogP contribution in [-0.4, -0.2) is 24.8 Å². The maximum atomic E-state index is 11.7. The van der Waals surface area contributed by atoms with Crippen LogP contribution in [0, 0.1) is 6.92 Å². The van der Waals surface area contributed by atoms with Crippen molar-refractivity contribution in [2.24, 2.45) is 0 Å². The highest BCUT2D eigenvalue weighted by molar-refractivity contribution is 9.10. The van der Waals surface area contributed by atoms with Crippen molar-refractivity contribution in [3.63, 3.8) is 0 Å². The fraction of sp³-hybridized carbons (Fsp3) is 0.250. The van der Waals surface area contributed by atoms with Gasteiger partial charge in [-0.25, -0.2) is 0 Å². The van der Waals surface area contributed by atoms with E-state index in [-0.39, 0.29) is 5.78 Å². The molecule has 0 saturated heterocycles. The standard InChI is InChI=1S/C12H14BrNO/c1-9-4-5-10(11(13)8-9)12(15)6-7-14(2)3/h4-8H,1-3H3/b7-6+. The summed E-state index contributed by atoms with van der Waals surface area (Å²) >= 11 is 3.39. The summed E-state index contributed by atoms with van der Waals surface area (Å²) in [5.74, 6) is 0.00979. The molecular weight excluding hydrogens is 254 g/mol. The van der Waals surface area contributed by atoms with Gasteiger partial charge in [0.05, 0.1) is 0 Å². The Balaban J connectivity index is 2.92. The molecule has 0 amide bonds. The highest BCUT2D eigenvalue weighted by Gasteiger charge is 2.06. The number of aryl methyl sites for hydroxylation is 1. The SMILES string of the molecule is Cc1ccc(C(=O)/C=C/N(C)C)c(Br)c1. The van der Waals surface area contributed by atoms with Crippen LogP contribution in [0.25, 0.3) is 0 Å². The Morgan fingerprint density at radius 3 is 2.60 bits per heavy atom. The molecule has 1 aromatic carbocycles. The molecule has 0 unspecified atom stereocenters. The van der Waals surface area contributed by atoms with Gasteiger partial charge >= 0.3 is 0 Å². The van der Waals surface area contributed by atoms with Crippen LogP contribution in [0.4, 0.5) is 0 Å². The van der Waals surface area contributed by atoms with Crippen molar-refractivity contribution in [2.75, 3.05) is 14.1 Å². The monoisotopic (exact) mass is 267 g/mol. The smallest absolute Gasteiger partial charge is 0.188 e. The van der Waals surface area contributed by atoms with E-state index in [1.165, 1.54) is 0 Å². The normalized spacial score (nSPS) is 10.7. The van der Waals surface area contributed by atoms with E-state index in [0.29, 0.717) is 5.56 Å². The molecule has 0 bridgehead atoms. The van der Waals surface area contributed by atoms with Crippen LogP contribution in [0.2, 0.25) is 0 Å². The Morgan fingerprint density at radius 2 is 2.07 bits per heavy atom. The number of benzene rings is 1. The first kappa shape index (κ1) is 12.0. The highest BCUT2D eigenvalue weighted by atomic mass is 79.9. The topological polar surface area (TPSA) is 20.3 Å². The number of rotatable bonds is 3. The van der Waals surface area contributed by atoms with E-state index in [1.807, 2.05) is 44.1 Å². The zero-order chi connectivity index (χ0) is 11.4. The maximum Gasteiger partial charge on any atom is 0.188 e. The van der Waals surface area contributed by atoms with Crippen molar-refractivity contribution in [1.82, 2.24) is 4.90 Å². The van der Waals surface area contributed by atoms with Gasteiger partial charge in [-0.15, -0.1) is 0 Å². The summed E-state index contributed by atoms with van der Waals surface area (Å²) in [6.07, 6.45) is 3.31. The van der Waals surface area contributed by atoms with Gasteiger partial charge in [-0.2, -0.15) is 0 Å². The Kier molecular flexibility index (Phi) is 4.09. The van der Waals surface area contributed by atoms with Crippen molar-refractivity contribution in [2.45, 2.75) is 6.92 Å². The van der Waals surface area contributed by atoms with E-state index < -0.39 is 0 Å². The van der Waals surface area contributed by atoms with E-state index in [0.717, 1.165) is 10.0 Å². The maximum absolute atomic E-state index is 11.7. The molecule has 0 aromatic heterocycles. The third-order valence-corrected chi connectivity index (χ3v) is 2.57. The molecule has 1 aromatic rings. The summed E-state index contributed by atoms with van der Waals surface area (Å²) in [5, 5.41) is 0. The predicted molar refractivity (Wildman–Crippen MR) is 66.0 cm³/mol. The second-order valence-corrected chi connectivity index (χ2v) is 4.48. The van der Waals surface area contributed by atoms with Gasteiger partial charge in [-0.3, -0.25) is 4.79 Å². The molecule has 3 heteroatoms. The van der Waals surface area contributed by atoms with E-state index >= 15 is 0 Å². The minimum Gasteiger partial charge on any atom is -0.383 e. The first-order valence-electron chi connectivity index (χ1n) is 4.66. The van der Waals surface area contributed by atoms with E-state index in [4.69, 9.17) is 0 Å². The van der Waals surface area contributed by atoms with Gasteiger partial charge in [0.25, 0.3) is 0 Å². The average Bonchev–Trinajstić information content (AvgIpc) is 2.14.